The Kier molecular flexibility index (Phi) is 3.42. The largest absolute Gasteiger partial charge is 0.324 e. The number of rotatable bonds is 2. The Hall–Kier alpha value is -1.94. The van der Waals surface area contributed by atoms with Crippen LogP contribution in [-0.4, -0.2) is 23.5 Å². The zero-order chi connectivity index (χ0) is 13.1. The fourth-order valence-corrected chi connectivity index (χ4v) is 2.52. The molecule has 1 atom stereocenters. The molecule has 4 nitrogen and oxygen atoms in total. The number of aromatic nitrogens is 1. The third-order valence-corrected chi connectivity index (χ3v) is 3.57. The molecule has 1 amide bonds. The first-order valence-corrected chi connectivity index (χ1v) is 6.71. The second-order valence-electron chi connectivity index (χ2n) is 4.89. The Bertz CT molecular complexity index is 585. The number of fused-ring (bicyclic) bond motifs is 1. The van der Waals surface area contributed by atoms with Gasteiger partial charge in [-0.1, -0.05) is 18.6 Å². The van der Waals surface area contributed by atoms with Gasteiger partial charge in [-0.3, -0.25) is 9.78 Å². The number of benzene rings is 1. The van der Waals surface area contributed by atoms with E-state index in [-0.39, 0.29) is 11.9 Å². The molecule has 98 valence electrons. The van der Waals surface area contributed by atoms with E-state index in [9.17, 15) is 4.79 Å². The molecule has 0 saturated carbocycles. The fourth-order valence-electron chi connectivity index (χ4n) is 2.52. The Labute approximate surface area is 112 Å². The van der Waals surface area contributed by atoms with E-state index in [4.69, 9.17) is 0 Å². The van der Waals surface area contributed by atoms with Crippen LogP contribution in [0, 0.1) is 0 Å². The van der Waals surface area contributed by atoms with Crippen LogP contribution in [0.3, 0.4) is 0 Å². The summed E-state index contributed by atoms with van der Waals surface area (Å²) in [5.41, 5.74) is 0.836. The van der Waals surface area contributed by atoms with Crippen molar-refractivity contribution in [2.24, 2.45) is 0 Å². The SMILES string of the molecule is O=C(Nc1cccc2ccncc12)[C@@H]1CCCCN1. The van der Waals surface area contributed by atoms with Gasteiger partial charge in [0.25, 0.3) is 0 Å². The molecule has 2 aromatic rings. The number of hydrogen-bond donors (Lipinski definition) is 2. The number of carbonyl (C=O) groups is 1. The summed E-state index contributed by atoms with van der Waals surface area (Å²) in [6, 6.07) is 7.77. The summed E-state index contributed by atoms with van der Waals surface area (Å²) in [5.74, 6) is 0.0519. The molecule has 4 heteroatoms. The number of pyridine rings is 1. The standard InChI is InChI=1S/C15H17N3O/c19-15(14-5-1-2-8-17-14)18-13-6-3-4-11-7-9-16-10-12(11)13/h3-4,6-7,9-10,14,17H,1-2,5,8H2,(H,18,19)/t14-/m0/s1. The van der Waals surface area contributed by atoms with Gasteiger partial charge < -0.3 is 10.6 Å². The summed E-state index contributed by atoms with van der Waals surface area (Å²) < 4.78 is 0. The van der Waals surface area contributed by atoms with Crippen LogP contribution in [0.15, 0.2) is 36.7 Å². The van der Waals surface area contributed by atoms with Crippen LogP contribution in [0.2, 0.25) is 0 Å². The van der Waals surface area contributed by atoms with Crippen LogP contribution in [0.5, 0.6) is 0 Å². The van der Waals surface area contributed by atoms with E-state index in [1.165, 1.54) is 0 Å². The van der Waals surface area contributed by atoms with Crippen molar-refractivity contribution in [1.82, 2.24) is 10.3 Å². The molecule has 0 radical (unpaired) electrons. The predicted octanol–water partition coefficient (Wildman–Crippen LogP) is 2.32. The Balaban J connectivity index is 1.82. The highest BCUT2D eigenvalue weighted by Gasteiger charge is 2.20. The van der Waals surface area contributed by atoms with Crippen LogP contribution in [0.1, 0.15) is 19.3 Å². The van der Waals surface area contributed by atoms with E-state index in [0.29, 0.717) is 0 Å². The molecule has 2 heterocycles. The zero-order valence-corrected chi connectivity index (χ0v) is 10.7. The van der Waals surface area contributed by atoms with Crippen molar-refractivity contribution in [3.63, 3.8) is 0 Å². The quantitative estimate of drug-likeness (QED) is 0.866. The highest BCUT2D eigenvalue weighted by Crippen LogP contribution is 2.22. The fraction of sp³-hybridized carbons (Fsp3) is 0.333. The summed E-state index contributed by atoms with van der Waals surface area (Å²) in [7, 11) is 0. The Morgan fingerprint density at radius 2 is 2.26 bits per heavy atom. The lowest BCUT2D eigenvalue weighted by Gasteiger charge is -2.22. The van der Waals surface area contributed by atoms with E-state index in [2.05, 4.69) is 15.6 Å². The molecule has 0 bridgehead atoms. The normalized spacial score (nSPS) is 19.3. The second kappa shape index (κ2) is 5.36. The maximum atomic E-state index is 12.2. The van der Waals surface area contributed by atoms with Crippen LogP contribution in [-0.2, 0) is 4.79 Å². The molecular formula is C15H17N3O. The average molecular weight is 255 g/mol. The molecule has 19 heavy (non-hydrogen) atoms. The lowest BCUT2D eigenvalue weighted by atomic mass is 10.0. The summed E-state index contributed by atoms with van der Waals surface area (Å²) in [6.07, 6.45) is 6.73. The predicted molar refractivity (Wildman–Crippen MR) is 76.0 cm³/mol. The number of hydrogen-bond acceptors (Lipinski definition) is 3. The number of amides is 1. The van der Waals surface area contributed by atoms with Crippen molar-refractivity contribution in [2.45, 2.75) is 25.3 Å². The minimum absolute atomic E-state index is 0.0519. The maximum absolute atomic E-state index is 12.2. The van der Waals surface area contributed by atoms with Gasteiger partial charge in [-0.25, -0.2) is 0 Å². The van der Waals surface area contributed by atoms with Gasteiger partial charge >= 0.3 is 0 Å². The van der Waals surface area contributed by atoms with Gasteiger partial charge in [0.1, 0.15) is 0 Å². The van der Waals surface area contributed by atoms with E-state index in [0.717, 1.165) is 42.3 Å². The topological polar surface area (TPSA) is 54.0 Å². The molecule has 1 aromatic heterocycles. The van der Waals surface area contributed by atoms with Crippen LogP contribution < -0.4 is 10.6 Å². The van der Waals surface area contributed by atoms with Gasteiger partial charge in [0.15, 0.2) is 0 Å². The summed E-state index contributed by atoms with van der Waals surface area (Å²) >= 11 is 0. The first-order valence-electron chi connectivity index (χ1n) is 6.71. The van der Waals surface area contributed by atoms with E-state index >= 15 is 0 Å². The molecule has 0 aliphatic carbocycles. The van der Waals surface area contributed by atoms with Gasteiger partial charge in [-0.05, 0) is 36.9 Å². The van der Waals surface area contributed by atoms with Crippen molar-refractivity contribution in [1.29, 1.82) is 0 Å². The molecule has 1 fully saturated rings. The molecule has 3 rings (SSSR count). The first-order chi connectivity index (χ1) is 9.34. The third-order valence-electron chi connectivity index (χ3n) is 3.57. The minimum atomic E-state index is -0.0688. The molecule has 0 unspecified atom stereocenters. The zero-order valence-electron chi connectivity index (χ0n) is 10.7. The Morgan fingerprint density at radius 1 is 1.32 bits per heavy atom. The van der Waals surface area contributed by atoms with Gasteiger partial charge in [0, 0.05) is 17.8 Å². The van der Waals surface area contributed by atoms with Crippen LogP contribution in [0.4, 0.5) is 5.69 Å². The molecule has 1 saturated heterocycles. The number of nitrogens with zero attached hydrogens (tertiary/aromatic N) is 1. The summed E-state index contributed by atoms with van der Waals surface area (Å²) in [4.78, 5) is 16.3. The van der Waals surface area contributed by atoms with Crippen LogP contribution in [0.25, 0.3) is 10.8 Å². The van der Waals surface area contributed by atoms with Crippen molar-refractivity contribution in [3.05, 3.63) is 36.7 Å². The van der Waals surface area contributed by atoms with Crippen molar-refractivity contribution < 1.29 is 4.79 Å². The van der Waals surface area contributed by atoms with Gasteiger partial charge in [-0.2, -0.15) is 0 Å². The average Bonchev–Trinajstić information content (AvgIpc) is 2.48. The van der Waals surface area contributed by atoms with E-state index in [1.807, 2.05) is 24.3 Å². The first kappa shape index (κ1) is 12.1. The van der Waals surface area contributed by atoms with E-state index in [1.54, 1.807) is 12.4 Å². The van der Waals surface area contributed by atoms with Crippen molar-refractivity contribution >= 4 is 22.4 Å². The number of piperidine rings is 1. The molecule has 2 N–H and O–H groups in total. The highest BCUT2D eigenvalue weighted by atomic mass is 16.2. The molecular weight excluding hydrogens is 238 g/mol. The highest BCUT2D eigenvalue weighted by molar-refractivity contribution is 6.03. The second-order valence-corrected chi connectivity index (χ2v) is 4.89. The summed E-state index contributed by atoms with van der Waals surface area (Å²) in [6.45, 7) is 0.926. The number of anilines is 1. The third kappa shape index (κ3) is 2.58. The van der Waals surface area contributed by atoms with Gasteiger partial charge in [0.05, 0.1) is 11.7 Å². The van der Waals surface area contributed by atoms with Crippen molar-refractivity contribution in [2.75, 3.05) is 11.9 Å². The molecule has 1 aromatic carbocycles. The smallest absolute Gasteiger partial charge is 0.241 e. The van der Waals surface area contributed by atoms with Crippen molar-refractivity contribution in [3.8, 4) is 0 Å². The Morgan fingerprint density at radius 3 is 3.11 bits per heavy atom. The number of carbonyl (C=O) groups excluding carboxylic acids is 1. The molecule has 1 aliphatic rings. The van der Waals surface area contributed by atoms with E-state index < -0.39 is 0 Å². The lowest BCUT2D eigenvalue weighted by Crippen LogP contribution is -2.43. The molecule has 0 spiro atoms. The van der Waals surface area contributed by atoms with Crippen LogP contribution >= 0.6 is 0 Å². The van der Waals surface area contributed by atoms with Gasteiger partial charge in [0.2, 0.25) is 5.91 Å². The monoisotopic (exact) mass is 255 g/mol. The summed E-state index contributed by atoms with van der Waals surface area (Å²) in [5, 5.41) is 8.34. The number of nitrogens with one attached hydrogen (secondary N) is 2. The minimum Gasteiger partial charge on any atom is -0.324 e. The van der Waals surface area contributed by atoms with Gasteiger partial charge in [-0.15, -0.1) is 0 Å². The molecule has 1 aliphatic heterocycles. The lowest BCUT2D eigenvalue weighted by molar-refractivity contribution is -0.118. The maximum Gasteiger partial charge on any atom is 0.241 e.